The Balaban J connectivity index is 0.000000867. The fraction of sp³-hybridized carbons (Fsp3) is 0.375. The Kier molecular flexibility index (Phi) is 38.9. The molecule has 0 spiro atoms. The van der Waals surface area contributed by atoms with E-state index in [0.717, 1.165) is 24.3 Å². The number of esters is 1. The highest BCUT2D eigenvalue weighted by Gasteiger charge is 2.28. The summed E-state index contributed by atoms with van der Waals surface area (Å²) >= 11 is 1.73. The van der Waals surface area contributed by atoms with Gasteiger partial charge in [-0.3, -0.25) is 24.0 Å². The number of benzene rings is 5. The molecule has 11 N–H and O–H groups in total. The molecule has 0 fully saturated rings. The summed E-state index contributed by atoms with van der Waals surface area (Å²) in [7, 11) is 3.58. The Morgan fingerprint density at radius 2 is 0.986 bits per heavy atom. The number of amides is 3. The Labute approximate surface area is 428 Å². The molecule has 1 unspecified atom stereocenters. The number of nitrogens with two attached hydrogens (primary N) is 3. The van der Waals surface area contributed by atoms with Crippen LogP contribution in [0, 0.1) is 5.92 Å². The molecule has 15 heteroatoms. The average Bonchev–Trinajstić information content (AvgIpc) is 3.71. The van der Waals surface area contributed by atoms with Gasteiger partial charge in [0.1, 0.15) is 12.4 Å². The van der Waals surface area contributed by atoms with Crippen LogP contribution in [-0.2, 0) is 47.3 Å². The number of carbonyl (C=O) groups excluding carboxylic acids is 5. The Hall–Kier alpha value is -6.20. The number of nitrogens with one attached hydrogen (secondary N) is 5. The smallest absolute Gasteiger partial charge is 0.302 e. The van der Waals surface area contributed by atoms with Gasteiger partial charge in [-0.2, -0.15) is 11.8 Å². The number of hydrogen-bond donors (Lipinski definition) is 8. The molecular formula is C56H82N8O6S. The van der Waals surface area contributed by atoms with E-state index in [1.807, 2.05) is 54.6 Å². The number of Topliss-reactive ketones (excluding diaryl/α,β-unsaturated/α-hetero) is 1. The number of ether oxygens (including phenoxy) is 1. The minimum atomic E-state index is -0.225. The standard InChI is InChI=1S/C16H14O2.C15H22N2O2S.2C8H10.C4H10N2O.C3H8N2O.C2H8N2/c1-11(17)18-10-16-14-8-4-2-6-12(14)13-7-3-5-9-15(13)16;1-12(18)17-8-7-14(15(19)9-16)11-20-10-13-5-3-2-4-6-13;2*1-2-8-6-4-3-5-7-8;1-4(7)6-3-5-2;1-3(6)5-2-4;1-4-2-3/h2-9,16H,10H2,1H3;2-6,14H,7-11,16H2,1H3,(H,17,18);2*3-7H,2H2,1H3;5H,3H2,1-2H3,(H,6,7);2,4H2,1H3,(H,5,6);4H,2-3H2,1H3. The molecule has 0 radical (unpaired) electrons. The molecule has 1 aliphatic carbocycles. The normalized spacial score (nSPS) is 10.6. The van der Waals surface area contributed by atoms with Crippen molar-refractivity contribution < 1.29 is 28.7 Å². The lowest BCUT2D eigenvalue weighted by molar-refractivity contribution is -0.141. The summed E-state index contributed by atoms with van der Waals surface area (Å²) in [6.45, 7) is 12.5. The highest BCUT2D eigenvalue weighted by atomic mass is 32.2. The highest BCUT2D eigenvalue weighted by Crippen LogP contribution is 2.44. The van der Waals surface area contributed by atoms with Crippen molar-refractivity contribution in [2.45, 2.75) is 72.5 Å². The Bertz CT molecular complexity index is 2080. The van der Waals surface area contributed by atoms with E-state index in [0.29, 0.717) is 32.9 Å². The summed E-state index contributed by atoms with van der Waals surface area (Å²) in [5.74, 6) is 1.39. The minimum absolute atomic E-state index is 0.00523. The van der Waals surface area contributed by atoms with Gasteiger partial charge in [0.15, 0.2) is 0 Å². The van der Waals surface area contributed by atoms with Gasteiger partial charge in [0.05, 0.1) is 19.9 Å². The maximum absolute atomic E-state index is 11.8. The van der Waals surface area contributed by atoms with Crippen molar-refractivity contribution in [2.24, 2.45) is 23.1 Å². The van der Waals surface area contributed by atoms with Crippen LogP contribution in [0.2, 0.25) is 0 Å². The first-order valence-electron chi connectivity index (χ1n) is 23.9. The molecule has 0 aliphatic heterocycles. The fourth-order valence-corrected chi connectivity index (χ4v) is 7.43. The molecule has 5 aromatic carbocycles. The summed E-state index contributed by atoms with van der Waals surface area (Å²) < 4.78 is 5.20. The molecule has 0 bridgehead atoms. The number of aryl methyl sites for hydroxylation is 2. The van der Waals surface area contributed by atoms with Gasteiger partial charge in [0.2, 0.25) is 17.7 Å². The lowest BCUT2D eigenvalue weighted by Gasteiger charge is -2.14. The van der Waals surface area contributed by atoms with Crippen LogP contribution in [0.3, 0.4) is 0 Å². The van der Waals surface area contributed by atoms with E-state index in [1.54, 1.807) is 25.9 Å². The molecule has 1 aliphatic rings. The molecule has 71 heavy (non-hydrogen) atoms. The van der Waals surface area contributed by atoms with Crippen LogP contribution in [0.1, 0.15) is 81.7 Å². The van der Waals surface area contributed by atoms with E-state index in [2.05, 4.69) is 125 Å². The highest BCUT2D eigenvalue weighted by molar-refractivity contribution is 7.98. The third-order valence-corrected chi connectivity index (χ3v) is 11.1. The van der Waals surface area contributed by atoms with E-state index >= 15 is 0 Å². The van der Waals surface area contributed by atoms with E-state index in [9.17, 15) is 24.0 Å². The first-order chi connectivity index (χ1) is 34.2. The van der Waals surface area contributed by atoms with Crippen molar-refractivity contribution in [3.8, 4) is 11.1 Å². The predicted molar refractivity (Wildman–Crippen MR) is 294 cm³/mol. The third kappa shape index (κ3) is 32.3. The summed E-state index contributed by atoms with van der Waals surface area (Å²) in [4.78, 5) is 53.5. The van der Waals surface area contributed by atoms with Crippen molar-refractivity contribution in [1.82, 2.24) is 26.6 Å². The van der Waals surface area contributed by atoms with Crippen molar-refractivity contribution in [3.05, 3.63) is 167 Å². The number of fused-ring (bicyclic) bond motifs is 3. The molecule has 388 valence electrons. The van der Waals surface area contributed by atoms with E-state index in [1.165, 1.54) is 66.6 Å². The van der Waals surface area contributed by atoms with Crippen LogP contribution in [0.25, 0.3) is 11.1 Å². The van der Waals surface area contributed by atoms with Crippen molar-refractivity contribution >= 4 is 41.2 Å². The van der Waals surface area contributed by atoms with Gasteiger partial charge < -0.3 is 48.5 Å². The zero-order valence-corrected chi connectivity index (χ0v) is 44.1. The molecule has 3 amide bonds. The van der Waals surface area contributed by atoms with Gasteiger partial charge >= 0.3 is 5.97 Å². The number of rotatable bonds is 17. The van der Waals surface area contributed by atoms with Gasteiger partial charge in [-0.1, -0.05) is 153 Å². The van der Waals surface area contributed by atoms with Gasteiger partial charge in [0, 0.05) is 64.2 Å². The fourth-order valence-electron chi connectivity index (χ4n) is 6.24. The summed E-state index contributed by atoms with van der Waals surface area (Å²) in [6.07, 6.45) is 2.93. The number of ketones is 1. The van der Waals surface area contributed by atoms with Gasteiger partial charge in [0.25, 0.3) is 0 Å². The molecule has 1 atom stereocenters. The third-order valence-electron chi connectivity index (χ3n) is 9.94. The van der Waals surface area contributed by atoms with Gasteiger partial charge in [-0.25, -0.2) is 0 Å². The molecule has 0 aromatic heterocycles. The second kappa shape index (κ2) is 42.7. The molecule has 0 saturated heterocycles. The van der Waals surface area contributed by atoms with Crippen LogP contribution >= 0.6 is 11.8 Å². The maximum atomic E-state index is 11.8. The van der Waals surface area contributed by atoms with E-state index in [-0.39, 0.29) is 54.5 Å². The maximum Gasteiger partial charge on any atom is 0.302 e. The molecule has 5 aromatic rings. The lowest BCUT2D eigenvalue weighted by Crippen LogP contribution is -2.30. The van der Waals surface area contributed by atoms with Gasteiger partial charge in [-0.05, 0) is 72.3 Å². The average molecular weight is 995 g/mol. The zero-order chi connectivity index (χ0) is 53.1. The zero-order valence-electron chi connectivity index (χ0n) is 43.3. The second-order valence-electron chi connectivity index (χ2n) is 15.6. The number of thioether (sulfide) groups is 1. The molecule has 14 nitrogen and oxygen atoms in total. The molecule has 6 rings (SSSR count). The monoisotopic (exact) mass is 995 g/mol. The van der Waals surface area contributed by atoms with Crippen LogP contribution < -0.4 is 43.8 Å². The first kappa shape index (κ1) is 64.8. The topological polar surface area (TPSA) is 233 Å². The van der Waals surface area contributed by atoms with Crippen molar-refractivity contribution in [1.29, 1.82) is 0 Å². The molecule has 0 saturated carbocycles. The van der Waals surface area contributed by atoms with Crippen molar-refractivity contribution in [3.63, 3.8) is 0 Å². The summed E-state index contributed by atoms with van der Waals surface area (Å²) in [5, 5.41) is 13.1. The van der Waals surface area contributed by atoms with Gasteiger partial charge in [-0.15, -0.1) is 0 Å². The number of carbonyl (C=O) groups is 5. The van der Waals surface area contributed by atoms with Crippen LogP contribution in [0.5, 0.6) is 0 Å². The van der Waals surface area contributed by atoms with E-state index < -0.39 is 0 Å². The summed E-state index contributed by atoms with van der Waals surface area (Å²) in [5.41, 5.74) is 24.3. The van der Waals surface area contributed by atoms with Crippen molar-refractivity contribution in [2.75, 3.05) is 59.6 Å². The Morgan fingerprint density at radius 3 is 1.31 bits per heavy atom. The van der Waals surface area contributed by atoms with Crippen LogP contribution in [0.15, 0.2) is 140 Å². The Morgan fingerprint density at radius 1 is 0.563 bits per heavy atom. The second-order valence-corrected chi connectivity index (χ2v) is 16.6. The van der Waals surface area contributed by atoms with Crippen LogP contribution in [0.4, 0.5) is 0 Å². The number of hydrogen-bond acceptors (Lipinski definition) is 12. The predicted octanol–water partition coefficient (Wildman–Crippen LogP) is 6.91. The van der Waals surface area contributed by atoms with Crippen LogP contribution in [-0.4, -0.2) is 89.0 Å². The largest absolute Gasteiger partial charge is 0.465 e. The van der Waals surface area contributed by atoms with E-state index in [4.69, 9.17) is 21.9 Å². The first-order valence-corrected chi connectivity index (χ1v) is 25.0. The minimum Gasteiger partial charge on any atom is -0.465 e. The quantitative estimate of drug-likeness (QED) is 0.0351. The summed E-state index contributed by atoms with van der Waals surface area (Å²) in [6, 6.07) is 47.7. The lowest BCUT2D eigenvalue weighted by atomic mass is 9.98. The molecule has 0 heterocycles. The molecular weight excluding hydrogens is 913 g/mol. The SMILES string of the molecule is CC(=O)NCCC(CSCc1ccccc1)C(=O)CN.CC(=O)NCN.CC(=O)OCC1c2ccccc2-c2ccccc21.CCc1ccccc1.CCc1ccccc1.CNCN.CNCNC(C)=O.